The van der Waals surface area contributed by atoms with Crippen LogP contribution in [-0.4, -0.2) is 23.7 Å². The summed E-state index contributed by atoms with van der Waals surface area (Å²) in [4.78, 5) is 13.4. The molecule has 0 aromatic carbocycles. The van der Waals surface area contributed by atoms with E-state index >= 15 is 0 Å². The molecule has 0 aliphatic carbocycles. The summed E-state index contributed by atoms with van der Waals surface area (Å²) in [6.07, 6.45) is -9.22. The first kappa shape index (κ1) is 15.5. The molecule has 2 amide bonds. The van der Waals surface area contributed by atoms with Crippen LogP contribution < -0.4 is 10.6 Å². The molecule has 1 rings (SSSR count). The molecule has 0 aliphatic rings. The van der Waals surface area contributed by atoms with Gasteiger partial charge in [0.2, 0.25) is 0 Å². The van der Waals surface area contributed by atoms with Crippen LogP contribution in [0, 0.1) is 6.92 Å². The van der Waals surface area contributed by atoms with Crippen LogP contribution in [0.25, 0.3) is 0 Å². The number of carbonyl (C=O) groups is 1. The Morgan fingerprint density at radius 3 is 2.26 bits per heavy atom. The molecule has 4 nitrogen and oxygen atoms in total. The number of anilines is 1. The molecule has 0 atom stereocenters. The zero-order chi connectivity index (χ0) is 14.8. The highest BCUT2D eigenvalue weighted by atomic mass is 32.1. The number of nitrogens with zero attached hydrogens (tertiary/aromatic N) is 1. The van der Waals surface area contributed by atoms with Crippen LogP contribution in [0.15, 0.2) is 0 Å². The van der Waals surface area contributed by atoms with Gasteiger partial charge in [0.25, 0.3) is 0 Å². The van der Waals surface area contributed by atoms with Crippen molar-refractivity contribution in [2.75, 3.05) is 11.9 Å². The van der Waals surface area contributed by atoms with Crippen molar-refractivity contribution >= 4 is 22.5 Å². The number of thiazole rings is 1. The van der Waals surface area contributed by atoms with Crippen LogP contribution in [0.3, 0.4) is 0 Å². The van der Waals surface area contributed by atoms with E-state index in [1.165, 1.54) is 5.32 Å². The molecule has 2 N–H and O–H groups in total. The molecule has 0 radical (unpaired) electrons. The maximum atomic E-state index is 12.4. The van der Waals surface area contributed by atoms with E-state index in [1.807, 2.05) is 0 Å². The highest BCUT2D eigenvalue weighted by Gasteiger charge is 2.36. The zero-order valence-electron chi connectivity index (χ0n) is 9.24. The van der Waals surface area contributed by atoms with Gasteiger partial charge in [0, 0.05) is 0 Å². The Balaban J connectivity index is 2.66. The summed E-state index contributed by atoms with van der Waals surface area (Å²) in [6, 6.07) is -1.28. The number of hydrogen-bond donors (Lipinski definition) is 2. The topological polar surface area (TPSA) is 54.0 Å². The Hall–Kier alpha value is -1.52. The van der Waals surface area contributed by atoms with Crippen LogP contribution in [-0.2, 0) is 6.18 Å². The number of aromatic nitrogens is 1. The van der Waals surface area contributed by atoms with Gasteiger partial charge >= 0.3 is 18.4 Å². The lowest BCUT2D eigenvalue weighted by atomic mass is 10.4. The first-order valence-corrected chi connectivity index (χ1v) is 5.47. The largest absolute Gasteiger partial charge is 0.427 e. The first-order chi connectivity index (χ1) is 8.49. The molecule has 19 heavy (non-hydrogen) atoms. The minimum Gasteiger partial charge on any atom is -0.329 e. The number of alkyl halides is 6. The Labute approximate surface area is 106 Å². The number of rotatable bonds is 2. The van der Waals surface area contributed by atoms with Crippen LogP contribution in [0.4, 0.5) is 36.3 Å². The van der Waals surface area contributed by atoms with Gasteiger partial charge in [0.05, 0.1) is 5.69 Å². The van der Waals surface area contributed by atoms with Crippen molar-refractivity contribution in [3.8, 4) is 0 Å². The molecule has 0 spiro atoms. The predicted molar refractivity (Wildman–Crippen MR) is 54.9 cm³/mol. The third-order valence-corrected chi connectivity index (χ3v) is 2.84. The standard InChI is InChI=1S/C8H7F6N3OS/c1-3-4(8(12,13)14)19-6(16-3)17-5(18)15-2-7(9,10)11/h2H2,1H3,(H2,15,16,17,18). The van der Waals surface area contributed by atoms with Gasteiger partial charge < -0.3 is 5.32 Å². The normalized spacial score (nSPS) is 12.4. The predicted octanol–water partition coefficient (Wildman–Crippen LogP) is 3.15. The van der Waals surface area contributed by atoms with Crippen LogP contribution in [0.5, 0.6) is 0 Å². The van der Waals surface area contributed by atoms with Gasteiger partial charge in [-0.3, -0.25) is 5.32 Å². The molecular weight excluding hydrogens is 300 g/mol. The lowest BCUT2D eigenvalue weighted by Crippen LogP contribution is -2.36. The average Bonchev–Trinajstić information content (AvgIpc) is 2.55. The molecular formula is C8H7F6N3OS. The van der Waals surface area contributed by atoms with E-state index in [-0.39, 0.29) is 17.0 Å². The molecule has 0 bridgehead atoms. The molecule has 0 unspecified atom stereocenters. The molecule has 1 heterocycles. The second-order valence-electron chi connectivity index (χ2n) is 3.35. The zero-order valence-corrected chi connectivity index (χ0v) is 10.1. The molecule has 0 fully saturated rings. The SMILES string of the molecule is Cc1nc(NC(=O)NCC(F)(F)F)sc1C(F)(F)F. The first-order valence-electron chi connectivity index (χ1n) is 4.65. The fourth-order valence-corrected chi connectivity index (χ4v) is 1.86. The van der Waals surface area contributed by atoms with Crippen molar-refractivity contribution in [1.29, 1.82) is 0 Å². The van der Waals surface area contributed by atoms with Crippen molar-refractivity contribution in [3.05, 3.63) is 10.6 Å². The third kappa shape index (κ3) is 4.93. The summed E-state index contributed by atoms with van der Waals surface area (Å²) in [6.45, 7) is -0.507. The van der Waals surface area contributed by atoms with Gasteiger partial charge in [-0.2, -0.15) is 26.3 Å². The second kappa shape index (κ2) is 5.23. The van der Waals surface area contributed by atoms with Gasteiger partial charge in [-0.15, -0.1) is 0 Å². The minimum absolute atomic E-state index is 0.139. The summed E-state index contributed by atoms with van der Waals surface area (Å²) in [7, 11) is 0. The molecule has 0 aliphatic heterocycles. The van der Waals surface area contributed by atoms with Crippen molar-refractivity contribution in [1.82, 2.24) is 10.3 Å². The molecule has 0 saturated carbocycles. The van der Waals surface area contributed by atoms with Gasteiger partial charge in [-0.25, -0.2) is 9.78 Å². The second-order valence-corrected chi connectivity index (χ2v) is 4.35. The van der Waals surface area contributed by atoms with Crippen LogP contribution in [0.1, 0.15) is 10.6 Å². The number of aryl methyl sites for hydroxylation is 1. The molecule has 11 heteroatoms. The van der Waals surface area contributed by atoms with Crippen molar-refractivity contribution in [3.63, 3.8) is 0 Å². The van der Waals surface area contributed by atoms with E-state index in [1.54, 1.807) is 5.32 Å². The Morgan fingerprint density at radius 2 is 1.84 bits per heavy atom. The maximum absolute atomic E-state index is 12.4. The molecule has 1 aromatic heterocycles. The smallest absolute Gasteiger partial charge is 0.329 e. The number of hydrogen-bond acceptors (Lipinski definition) is 3. The fourth-order valence-electron chi connectivity index (χ4n) is 1.03. The van der Waals surface area contributed by atoms with E-state index in [2.05, 4.69) is 4.98 Å². The van der Waals surface area contributed by atoms with Crippen molar-refractivity contribution < 1.29 is 31.1 Å². The lowest BCUT2D eigenvalue weighted by Gasteiger charge is -2.07. The Bertz CT molecular complexity index is 466. The molecule has 1 aromatic rings. The number of carbonyl (C=O) groups excluding carboxylic acids is 1. The third-order valence-electron chi connectivity index (χ3n) is 1.72. The van der Waals surface area contributed by atoms with Crippen molar-refractivity contribution in [2.24, 2.45) is 0 Å². The summed E-state index contributed by atoms with van der Waals surface area (Å²) in [5, 5.41) is 2.83. The molecule has 108 valence electrons. The van der Waals surface area contributed by atoms with Gasteiger partial charge in [-0.1, -0.05) is 11.3 Å². The fraction of sp³-hybridized carbons (Fsp3) is 0.500. The molecule has 0 saturated heterocycles. The summed E-state index contributed by atoms with van der Waals surface area (Å²) in [5.74, 6) is 0. The summed E-state index contributed by atoms with van der Waals surface area (Å²) >= 11 is 0.139. The number of halogens is 6. The maximum Gasteiger partial charge on any atom is 0.427 e. The highest BCUT2D eigenvalue weighted by molar-refractivity contribution is 7.16. The lowest BCUT2D eigenvalue weighted by molar-refractivity contribution is -0.135. The number of urea groups is 1. The van der Waals surface area contributed by atoms with Gasteiger partial charge in [0.1, 0.15) is 11.4 Å². The van der Waals surface area contributed by atoms with E-state index < -0.39 is 34.9 Å². The van der Waals surface area contributed by atoms with E-state index in [0.29, 0.717) is 0 Å². The monoisotopic (exact) mass is 307 g/mol. The quantitative estimate of drug-likeness (QED) is 0.825. The number of amides is 2. The minimum atomic E-state index is -4.62. The van der Waals surface area contributed by atoms with Crippen molar-refractivity contribution in [2.45, 2.75) is 19.3 Å². The highest BCUT2D eigenvalue weighted by Crippen LogP contribution is 2.37. The number of nitrogens with one attached hydrogen (secondary N) is 2. The van der Waals surface area contributed by atoms with Crippen LogP contribution >= 0.6 is 11.3 Å². The van der Waals surface area contributed by atoms with Gasteiger partial charge in [-0.05, 0) is 6.92 Å². The van der Waals surface area contributed by atoms with Crippen LogP contribution in [0.2, 0.25) is 0 Å². The van der Waals surface area contributed by atoms with E-state index in [0.717, 1.165) is 6.92 Å². The average molecular weight is 307 g/mol. The van der Waals surface area contributed by atoms with E-state index in [9.17, 15) is 31.1 Å². The van der Waals surface area contributed by atoms with Gasteiger partial charge in [0.15, 0.2) is 5.13 Å². The van der Waals surface area contributed by atoms with E-state index in [4.69, 9.17) is 0 Å². The Morgan fingerprint density at radius 1 is 1.26 bits per heavy atom. The summed E-state index contributed by atoms with van der Waals surface area (Å²) in [5.41, 5.74) is -0.358. The Kier molecular flexibility index (Phi) is 4.28. The summed E-state index contributed by atoms with van der Waals surface area (Å²) < 4.78 is 72.5.